The Morgan fingerprint density at radius 2 is 2.10 bits per heavy atom. The standard InChI is InChI=1S/C21H28N6OS/c1-15-11-22-18-17(15)19(24-14-23-18)26-9-10-29-16(12-26)20(28)27-8-4-6-21(13-27)5-2-3-7-25-21/h11-12,14,25H,2-10,13H2,1H3,(H,22,23,24). The molecule has 0 radical (unpaired) electrons. The molecular weight excluding hydrogens is 384 g/mol. The molecule has 1 spiro atoms. The third-order valence-corrected chi connectivity index (χ3v) is 7.42. The van der Waals surface area contributed by atoms with Gasteiger partial charge in [0.15, 0.2) is 0 Å². The van der Waals surface area contributed by atoms with Crippen molar-refractivity contribution in [3.63, 3.8) is 0 Å². The summed E-state index contributed by atoms with van der Waals surface area (Å²) in [6.07, 6.45) is 11.5. The van der Waals surface area contributed by atoms with Crippen LogP contribution in [0.25, 0.3) is 11.0 Å². The number of carbonyl (C=O) groups is 1. The molecule has 2 saturated heterocycles. The first-order valence-corrected chi connectivity index (χ1v) is 11.6. The van der Waals surface area contributed by atoms with Crippen LogP contribution < -0.4 is 10.2 Å². The van der Waals surface area contributed by atoms with Gasteiger partial charge in [0.25, 0.3) is 5.91 Å². The molecule has 1 atom stereocenters. The maximum atomic E-state index is 13.4. The Bertz CT molecular complexity index is 942. The van der Waals surface area contributed by atoms with Crippen molar-refractivity contribution < 1.29 is 4.79 Å². The van der Waals surface area contributed by atoms with Crippen molar-refractivity contribution >= 4 is 34.5 Å². The van der Waals surface area contributed by atoms with E-state index in [4.69, 9.17) is 0 Å². The second kappa shape index (κ2) is 7.65. The van der Waals surface area contributed by atoms with E-state index in [1.165, 1.54) is 25.7 Å². The molecule has 0 bridgehead atoms. The molecule has 5 heterocycles. The molecule has 29 heavy (non-hydrogen) atoms. The zero-order valence-corrected chi connectivity index (χ0v) is 17.7. The van der Waals surface area contributed by atoms with Crippen LogP contribution in [-0.2, 0) is 4.79 Å². The lowest BCUT2D eigenvalue weighted by molar-refractivity contribution is -0.129. The highest BCUT2D eigenvalue weighted by Crippen LogP contribution is 2.34. The van der Waals surface area contributed by atoms with Crippen molar-refractivity contribution in [2.45, 2.75) is 44.6 Å². The number of carbonyl (C=O) groups excluding carboxylic acids is 1. The van der Waals surface area contributed by atoms with Crippen molar-refractivity contribution in [3.8, 4) is 0 Å². The first-order valence-electron chi connectivity index (χ1n) is 10.6. The number of hydrogen-bond donors (Lipinski definition) is 2. The van der Waals surface area contributed by atoms with Crippen LogP contribution in [0.3, 0.4) is 0 Å². The zero-order valence-electron chi connectivity index (χ0n) is 16.9. The summed E-state index contributed by atoms with van der Waals surface area (Å²) in [6.45, 7) is 5.66. The number of nitrogens with one attached hydrogen (secondary N) is 2. The molecule has 1 unspecified atom stereocenters. The van der Waals surface area contributed by atoms with Gasteiger partial charge in [0.2, 0.25) is 0 Å². The Labute approximate surface area is 175 Å². The fourth-order valence-electron chi connectivity index (χ4n) is 4.94. The van der Waals surface area contributed by atoms with E-state index in [2.05, 4.69) is 37.0 Å². The Hall–Kier alpha value is -2.06. The van der Waals surface area contributed by atoms with Gasteiger partial charge in [-0.15, -0.1) is 11.8 Å². The zero-order chi connectivity index (χ0) is 19.8. The molecule has 0 aliphatic carbocycles. The molecule has 1 amide bonds. The van der Waals surface area contributed by atoms with Crippen molar-refractivity contribution in [1.29, 1.82) is 0 Å². The number of piperidine rings is 2. The van der Waals surface area contributed by atoms with Gasteiger partial charge in [0, 0.05) is 43.3 Å². The second-order valence-electron chi connectivity index (χ2n) is 8.42. The molecule has 8 heteroatoms. The number of aryl methyl sites for hydroxylation is 1. The number of thioether (sulfide) groups is 1. The van der Waals surface area contributed by atoms with E-state index in [-0.39, 0.29) is 11.4 Å². The molecule has 2 fully saturated rings. The predicted octanol–water partition coefficient (Wildman–Crippen LogP) is 2.80. The molecule has 154 valence electrons. The molecule has 2 N–H and O–H groups in total. The van der Waals surface area contributed by atoms with Gasteiger partial charge in [-0.05, 0) is 44.7 Å². The van der Waals surface area contributed by atoms with Crippen molar-refractivity contribution in [2.75, 3.05) is 36.8 Å². The number of nitrogens with zero attached hydrogens (tertiary/aromatic N) is 4. The summed E-state index contributed by atoms with van der Waals surface area (Å²) in [4.78, 5) is 30.5. The number of hydrogen-bond acceptors (Lipinski definition) is 6. The highest BCUT2D eigenvalue weighted by Gasteiger charge is 2.38. The van der Waals surface area contributed by atoms with E-state index in [0.29, 0.717) is 0 Å². The van der Waals surface area contributed by atoms with Crippen molar-refractivity contribution in [1.82, 2.24) is 25.2 Å². The third kappa shape index (κ3) is 3.53. The lowest BCUT2D eigenvalue weighted by Crippen LogP contribution is -2.60. The Morgan fingerprint density at radius 1 is 1.21 bits per heavy atom. The van der Waals surface area contributed by atoms with Gasteiger partial charge in [-0.2, -0.15) is 0 Å². The minimum Gasteiger partial charge on any atom is -0.346 e. The average Bonchev–Trinajstić information content (AvgIpc) is 3.15. The summed E-state index contributed by atoms with van der Waals surface area (Å²) < 4.78 is 0. The molecule has 2 aromatic heterocycles. The SMILES string of the molecule is Cc1c[nH]c2ncnc(N3C=C(C(=O)N4CCCC5(CCCCN5)C4)SCC3)c12. The number of aromatic nitrogens is 3. The van der Waals surface area contributed by atoms with Gasteiger partial charge in [0.1, 0.15) is 17.8 Å². The molecule has 3 aliphatic heterocycles. The van der Waals surface area contributed by atoms with Crippen LogP contribution in [0.1, 0.15) is 37.7 Å². The number of fused-ring (bicyclic) bond motifs is 1. The highest BCUT2D eigenvalue weighted by molar-refractivity contribution is 8.04. The van der Waals surface area contributed by atoms with Crippen molar-refractivity contribution in [3.05, 3.63) is 29.2 Å². The summed E-state index contributed by atoms with van der Waals surface area (Å²) in [5, 5.41) is 4.76. The fourth-order valence-corrected chi connectivity index (χ4v) is 5.90. The molecule has 5 rings (SSSR count). The van der Waals surface area contributed by atoms with Crippen LogP contribution in [0.5, 0.6) is 0 Å². The van der Waals surface area contributed by atoms with Gasteiger partial charge in [-0.25, -0.2) is 9.97 Å². The van der Waals surface area contributed by atoms with E-state index in [0.717, 1.165) is 65.7 Å². The summed E-state index contributed by atoms with van der Waals surface area (Å²) in [5.74, 6) is 1.93. The first kappa shape index (κ1) is 18.9. The normalized spacial score (nSPS) is 25.5. The molecule has 0 aromatic carbocycles. The largest absolute Gasteiger partial charge is 0.346 e. The van der Waals surface area contributed by atoms with Gasteiger partial charge in [-0.1, -0.05) is 6.42 Å². The van der Waals surface area contributed by atoms with Gasteiger partial charge >= 0.3 is 0 Å². The summed E-state index contributed by atoms with van der Waals surface area (Å²) >= 11 is 1.67. The van der Waals surface area contributed by atoms with Crippen molar-refractivity contribution in [2.24, 2.45) is 0 Å². The van der Waals surface area contributed by atoms with Crippen LogP contribution in [0.4, 0.5) is 5.82 Å². The van der Waals surface area contributed by atoms with Crippen LogP contribution in [0.2, 0.25) is 0 Å². The number of aromatic amines is 1. The Morgan fingerprint density at radius 3 is 2.97 bits per heavy atom. The van der Waals surface area contributed by atoms with E-state index in [1.54, 1.807) is 18.1 Å². The summed E-state index contributed by atoms with van der Waals surface area (Å²) in [6, 6.07) is 0. The average molecular weight is 413 g/mol. The highest BCUT2D eigenvalue weighted by atomic mass is 32.2. The number of anilines is 1. The molecule has 3 aliphatic rings. The first-order chi connectivity index (χ1) is 14.2. The quantitative estimate of drug-likeness (QED) is 0.790. The maximum Gasteiger partial charge on any atom is 0.261 e. The molecule has 7 nitrogen and oxygen atoms in total. The lowest BCUT2D eigenvalue weighted by atomic mass is 9.82. The maximum absolute atomic E-state index is 13.4. The van der Waals surface area contributed by atoms with Crippen LogP contribution in [-0.4, -0.2) is 63.2 Å². The minimum atomic E-state index is 0.132. The second-order valence-corrected chi connectivity index (χ2v) is 9.56. The molecule has 2 aromatic rings. The summed E-state index contributed by atoms with van der Waals surface area (Å²) in [5.41, 5.74) is 2.09. The minimum absolute atomic E-state index is 0.132. The topological polar surface area (TPSA) is 77.2 Å². The van der Waals surface area contributed by atoms with Crippen LogP contribution >= 0.6 is 11.8 Å². The lowest BCUT2D eigenvalue weighted by Gasteiger charge is -2.46. The van der Waals surface area contributed by atoms with Gasteiger partial charge < -0.3 is 20.1 Å². The van der Waals surface area contributed by atoms with E-state index in [1.807, 2.05) is 12.4 Å². The van der Waals surface area contributed by atoms with Crippen LogP contribution in [0, 0.1) is 6.92 Å². The van der Waals surface area contributed by atoms with E-state index < -0.39 is 0 Å². The van der Waals surface area contributed by atoms with E-state index in [9.17, 15) is 4.79 Å². The molecule has 0 saturated carbocycles. The van der Waals surface area contributed by atoms with Crippen LogP contribution in [0.15, 0.2) is 23.6 Å². The third-order valence-electron chi connectivity index (χ3n) is 6.44. The van der Waals surface area contributed by atoms with Gasteiger partial charge in [-0.3, -0.25) is 4.79 Å². The monoisotopic (exact) mass is 412 g/mol. The summed E-state index contributed by atoms with van der Waals surface area (Å²) in [7, 11) is 0. The van der Waals surface area contributed by atoms with Gasteiger partial charge in [0.05, 0.1) is 10.3 Å². The Balaban J connectivity index is 1.39. The smallest absolute Gasteiger partial charge is 0.261 e. The number of H-pyrrole nitrogens is 1. The number of likely N-dealkylation sites (tertiary alicyclic amines) is 1. The number of rotatable bonds is 2. The van der Waals surface area contributed by atoms with E-state index >= 15 is 0 Å². The molecular formula is C21H28N6OS. The number of amides is 1. The Kier molecular flexibility index (Phi) is 4.99. The fraction of sp³-hybridized carbons (Fsp3) is 0.571. The predicted molar refractivity (Wildman–Crippen MR) is 117 cm³/mol.